The minimum absolute atomic E-state index is 0.268. The highest BCUT2D eigenvalue weighted by atomic mass is 16.5. The summed E-state index contributed by atoms with van der Waals surface area (Å²) in [5, 5.41) is 0. The van der Waals surface area contributed by atoms with Gasteiger partial charge in [-0.15, -0.1) is 0 Å². The third-order valence-corrected chi connectivity index (χ3v) is 2.49. The Morgan fingerprint density at radius 2 is 1.89 bits per heavy atom. The van der Waals surface area contributed by atoms with Gasteiger partial charge in [0.05, 0.1) is 12.7 Å². The number of benzene rings is 1. The molecule has 1 aromatic rings. The molecule has 0 unspecified atom stereocenters. The summed E-state index contributed by atoms with van der Waals surface area (Å²) in [6.07, 6.45) is 5.98. The third-order valence-electron chi connectivity index (χ3n) is 2.49. The number of methoxy groups -OCH3 is 1. The van der Waals surface area contributed by atoms with E-state index in [4.69, 9.17) is 4.74 Å². The minimum atomic E-state index is -0.413. The van der Waals surface area contributed by atoms with Crippen LogP contribution in [0.15, 0.2) is 36.4 Å². The van der Waals surface area contributed by atoms with Gasteiger partial charge in [0.15, 0.2) is 0 Å². The lowest BCUT2D eigenvalue weighted by Crippen LogP contribution is -2.07. The molecule has 0 spiro atoms. The van der Waals surface area contributed by atoms with E-state index < -0.39 is 5.97 Å². The average molecular weight is 262 g/mol. The number of carbonyl (C=O) groups excluding carboxylic acids is 2. The molecule has 1 rings (SSSR count). The molecular formula is C15H18O4. The van der Waals surface area contributed by atoms with Crippen LogP contribution in [0.1, 0.15) is 36.5 Å². The van der Waals surface area contributed by atoms with E-state index in [1.807, 2.05) is 19.1 Å². The summed E-state index contributed by atoms with van der Waals surface area (Å²) >= 11 is 0. The molecule has 0 fully saturated rings. The minimum Gasteiger partial charge on any atom is -0.465 e. The molecule has 19 heavy (non-hydrogen) atoms. The molecule has 0 N–H and O–H groups in total. The van der Waals surface area contributed by atoms with Crippen molar-refractivity contribution in [2.45, 2.75) is 26.2 Å². The van der Waals surface area contributed by atoms with Crippen molar-refractivity contribution in [3.05, 3.63) is 42.0 Å². The van der Waals surface area contributed by atoms with Crippen molar-refractivity contribution in [3.8, 4) is 5.75 Å². The maximum absolute atomic E-state index is 11.5. The van der Waals surface area contributed by atoms with Gasteiger partial charge < -0.3 is 9.47 Å². The predicted molar refractivity (Wildman–Crippen MR) is 72.1 cm³/mol. The smallest absolute Gasteiger partial charge is 0.337 e. The topological polar surface area (TPSA) is 52.6 Å². The second-order valence-electron chi connectivity index (χ2n) is 3.95. The first-order valence-electron chi connectivity index (χ1n) is 6.17. The Bertz CT molecular complexity index is 446. The molecule has 0 bridgehead atoms. The maximum Gasteiger partial charge on any atom is 0.337 e. The Morgan fingerprint density at radius 3 is 2.47 bits per heavy atom. The Labute approximate surface area is 113 Å². The fourth-order valence-corrected chi connectivity index (χ4v) is 1.49. The van der Waals surface area contributed by atoms with Gasteiger partial charge in [0, 0.05) is 6.42 Å². The van der Waals surface area contributed by atoms with Crippen molar-refractivity contribution < 1.29 is 19.1 Å². The van der Waals surface area contributed by atoms with E-state index >= 15 is 0 Å². The molecule has 4 nitrogen and oxygen atoms in total. The summed E-state index contributed by atoms with van der Waals surface area (Å²) in [7, 11) is 1.32. The summed E-state index contributed by atoms with van der Waals surface area (Å²) in [5.41, 5.74) is 0.426. The predicted octanol–water partition coefficient (Wildman–Crippen LogP) is 3.13. The number of esters is 2. The summed E-state index contributed by atoms with van der Waals surface area (Å²) in [4.78, 5) is 22.7. The maximum atomic E-state index is 11.5. The van der Waals surface area contributed by atoms with Gasteiger partial charge in [-0.05, 0) is 44.0 Å². The van der Waals surface area contributed by atoms with E-state index in [1.54, 1.807) is 24.3 Å². The molecule has 0 aliphatic rings. The van der Waals surface area contributed by atoms with Crippen molar-refractivity contribution in [3.63, 3.8) is 0 Å². The first-order chi connectivity index (χ1) is 9.17. The third kappa shape index (κ3) is 5.38. The molecule has 0 saturated heterocycles. The number of carbonyl (C=O) groups is 2. The normalized spacial score (nSPS) is 10.4. The van der Waals surface area contributed by atoms with E-state index in [2.05, 4.69) is 4.74 Å². The van der Waals surface area contributed by atoms with Crippen molar-refractivity contribution in [1.29, 1.82) is 0 Å². The van der Waals surface area contributed by atoms with Crippen LogP contribution in [-0.2, 0) is 9.53 Å². The highest BCUT2D eigenvalue weighted by molar-refractivity contribution is 5.89. The van der Waals surface area contributed by atoms with Crippen LogP contribution in [0.4, 0.5) is 0 Å². The van der Waals surface area contributed by atoms with Crippen LogP contribution >= 0.6 is 0 Å². The van der Waals surface area contributed by atoms with Crippen LogP contribution in [0.3, 0.4) is 0 Å². The molecular weight excluding hydrogens is 244 g/mol. The summed E-state index contributed by atoms with van der Waals surface area (Å²) in [5.74, 6) is -0.247. The Kier molecular flexibility index (Phi) is 6.36. The zero-order valence-electron chi connectivity index (χ0n) is 11.2. The van der Waals surface area contributed by atoms with Crippen molar-refractivity contribution >= 4 is 11.9 Å². The van der Waals surface area contributed by atoms with Gasteiger partial charge in [-0.25, -0.2) is 4.79 Å². The fraction of sp³-hybridized carbons (Fsp3) is 0.333. The van der Waals surface area contributed by atoms with Crippen LogP contribution < -0.4 is 4.74 Å². The standard InChI is InChI=1S/C15H18O4/c1-3-4-5-6-7-14(16)19-13-10-8-12(9-11-13)15(17)18-2/h3-4,8-11H,5-7H2,1-2H3/b4-3+. The number of ether oxygens (including phenoxy) is 2. The first-order valence-corrected chi connectivity index (χ1v) is 6.17. The Balaban J connectivity index is 2.44. The van der Waals surface area contributed by atoms with Crippen LogP contribution in [0.25, 0.3) is 0 Å². The molecule has 0 amide bonds. The number of hydrogen-bond acceptors (Lipinski definition) is 4. The van der Waals surface area contributed by atoms with Crippen molar-refractivity contribution in [2.75, 3.05) is 7.11 Å². The van der Waals surface area contributed by atoms with Gasteiger partial charge in [-0.1, -0.05) is 12.2 Å². The number of rotatable bonds is 6. The molecule has 0 heterocycles. The molecule has 4 heteroatoms. The van der Waals surface area contributed by atoms with Gasteiger partial charge in [0.25, 0.3) is 0 Å². The second kappa shape index (κ2) is 8.08. The monoisotopic (exact) mass is 262 g/mol. The van der Waals surface area contributed by atoms with Crippen LogP contribution in [-0.4, -0.2) is 19.0 Å². The molecule has 0 aliphatic heterocycles. The van der Waals surface area contributed by atoms with Crippen LogP contribution in [0.2, 0.25) is 0 Å². The van der Waals surface area contributed by atoms with E-state index in [1.165, 1.54) is 7.11 Å². The highest BCUT2D eigenvalue weighted by Gasteiger charge is 2.07. The zero-order valence-corrected chi connectivity index (χ0v) is 11.2. The highest BCUT2D eigenvalue weighted by Crippen LogP contribution is 2.14. The molecule has 0 aromatic heterocycles. The molecule has 0 saturated carbocycles. The van der Waals surface area contributed by atoms with Crippen molar-refractivity contribution in [2.24, 2.45) is 0 Å². The second-order valence-corrected chi connectivity index (χ2v) is 3.95. The van der Waals surface area contributed by atoms with Gasteiger partial charge in [0.2, 0.25) is 0 Å². The van der Waals surface area contributed by atoms with E-state index in [0.717, 1.165) is 12.8 Å². The van der Waals surface area contributed by atoms with Gasteiger partial charge in [-0.3, -0.25) is 4.79 Å². The summed E-state index contributed by atoms with van der Waals surface area (Å²) in [6.45, 7) is 1.95. The van der Waals surface area contributed by atoms with E-state index in [-0.39, 0.29) is 5.97 Å². The quantitative estimate of drug-likeness (QED) is 0.342. The Hall–Kier alpha value is -2.10. The number of hydrogen-bond donors (Lipinski definition) is 0. The molecule has 102 valence electrons. The Morgan fingerprint density at radius 1 is 1.21 bits per heavy atom. The molecule has 0 radical (unpaired) electrons. The summed E-state index contributed by atoms with van der Waals surface area (Å²) < 4.78 is 9.73. The molecule has 0 aliphatic carbocycles. The first kappa shape index (κ1) is 15.0. The van der Waals surface area contributed by atoms with Crippen LogP contribution in [0, 0.1) is 0 Å². The lowest BCUT2D eigenvalue weighted by Gasteiger charge is -2.04. The molecule has 0 atom stereocenters. The largest absolute Gasteiger partial charge is 0.465 e. The molecule has 1 aromatic carbocycles. The van der Waals surface area contributed by atoms with E-state index in [0.29, 0.717) is 17.7 Å². The van der Waals surface area contributed by atoms with Gasteiger partial charge in [-0.2, -0.15) is 0 Å². The fourth-order valence-electron chi connectivity index (χ4n) is 1.49. The SMILES string of the molecule is C/C=C/CCCC(=O)Oc1ccc(C(=O)OC)cc1. The van der Waals surface area contributed by atoms with Gasteiger partial charge in [0.1, 0.15) is 5.75 Å². The van der Waals surface area contributed by atoms with Crippen LogP contribution in [0.5, 0.6) is 5.75 Å². The van der Waals surface area contributed by atoms with E-state index in [9.17, 15) is 9.59 Å². The lowest BCUT2D eigenvalue weighted by molar-refractivity contribution is -0.134. The number of allylic oxidation sites excluding steroid dienone is 2. The number of unbranched alkanes of at least 4 members (excludes halogenated alkanes) is 1. The van der Waals surface area contributed by atoms with Crippen molar-refractivity contribution in [1.82, 2.24) is 0 Å². The average Bonchev–Trinajstić information content (AvgIpc) is 2.43. The summed E-state index contributed by atoms with van der Waals surface area (Å²) in [6, 6.07) is 6.29. The van der Waals surface area contributed by atoms with Gasteiger partial charge >= 0.3 is 11.9 Å². The zero-order chi connectivity index (χ0) is 14.1. The lowest BCUT2D eigenvalue weighted by atomic mass is 10.2.